The van der Waals surface area contributed by atoms with Crippen LogP contribution in [0, 0.1) is 5.92 Å². The summed E-state index contributed by atoms with van der Waals surface area (Å²) in [5, 5.41) is 10.1. The number of aromatic nitrogens is 4. The molecule has 0 spiro atoms. The van der Waals surface area contributed by atoms with Gasteiger partial charge in [0.25, 0.3) is 5.56 Å². The summed E-state index contributed by atoms with van der Waals surface area (Å²) in [6.45, 7) is 0.813. The van der Waals surface area contributed by atoms with E-state index in [9.17, 15) is 9.90 Å². The van der Waals surface area contributed by atoms with Gasteiger partial charge in [-0.2, -0.15) is 0 Å². The molecule has 146 valence electrons. The van der Waals surface area contributed by atoms with Crippen LogP contribution in [0.5, 0.6) is 0 Å². The predicted molar refractivity (Wildman–Crippen MR) is 97.4 cm³/mol. The van der Waals surface area contributed by atoms with E-state index in [0.717, 1.165) is 5.56 Å². The van der Waals surface area contributed by atoms with E-state index >= 15 is 0 Å². The van der Waals surface area contributed by atoms with Crippen LogP contribution in [-0.4, -0.2) is 56.2 Å². The molecule has 4 atom stereocenters. The number of hydrogen-bond acceptors (Lipinski definition) is 7. The van der Waals surface area contributed by atoms with Crippen molar-refractivity contribution < 1.29 is 19.3 Å². The topological polar surface area (TPSA) is 111 Å². The Bertz CT molecular complexity index is 1040. The van der Waals surface area contributed by atoms with Gasteiger partial charge in [-0.05, 0) is 5.56 Å². The number of aromatic amines is 1. The molecule has 2 aliphatic heterocycles. The maximum absolute atomic E-state index is 12.0. The van der Waals surface area contributed by atoms with Crippen LogP contribution in [0.2, 0.25) is 0 Å². The molecule has 3 aromatic rings. The molecule has 0 radical (unpaired) electrons. The monoisotopic (exact) mass is 384 g/mol. The number of aliphatic hydroxyl groups is 1. The van der Waals surface area contributed by atoms with Crippen LogP contribution in [0.3, 0.4) is 0 Å². The third kappa shape index (κ3) is 2.67. The third-order valence-corrected chi connectivity index (χ3v) is 5.47. The van der Waals surface area contributed by atoms with Crippen molar-refractivity contribution in [3.63, 3.8) is 0 Å². The second-order valence-corrected chi connectivity index (χ2v) is 7.18. The van der Waals surface area contributed by atoms with E-state index in [4.69, 9.17) is 14.2 Å². The molecule has 0 aliphatic carbocycles. The lowest BCUT2D eigenvalue weighted by molar-refractivity contribution is -0.181. The fraction of sp³-hybridized carbons (Fsp3) is 0.421. The highest BCUT2D eigenvalue weighted by Gasteiger charge is 2.59. The number of ether oxygens (including phenoxy) is 3. The van der Waals surface area contributed by atoms with E-state index in [-0.39, 0.29) is 36.3 Å². The molecule has 2 N–H and O–H groups in total. The zero-order valence-corrected chi connectivity index (χ0v) is 15.0. The summed E-state index contributed by atoms with van der Waals surface area (Å²) >= 11 is 0. The van der Waals surface area contributed by atoms with Crippen LogP contribution in [0.4, 0.5) is 0 Å². The van der Waals surface area contributed by atoms with Gasteiger partial charge in [-0.1, -0.05) is 30.3 Å². The Morgan fingerprint density at radius 2 is 2.18 bits per heavy atom. The van der Waals surface area contributed by atoms with E-state index in [1.165, 1.54) is 12.7 Å². The van der Waals surface area contributed by atoms with Crippen molar-refractivity contribution in [3.8, 4) is 0 Å². The molecule has 0 saturated carbocycles. The quantitative estimate of drug-likeness (QED) is 0.663. The maximum atomic E-state index is 12.0. The highest BCUT2D eigenvalue weighted by Crippen LogP contribution is 2.47. The Balaban J connectivity index is 1.49. The number of fused-ring (bicyclic) bond motifs is 3. The minimum Gasteiger partial charge on any atom is -0.393 e. The number of rotatable bonds is 5. The minimum atomic E-state index is -0.972. The van der Waals surface area contributed by atoms with Gasteiger partial charge in [-0.15, -0.1) is 0 Å². The highest BCUT2D eigenvalue weighted by atomic mass is 16.6. The number of nitrogens with one attached hydrogen (secondary N) is 1. The number of aliphatic hydroxyl groups excluding tert-OH is 1. The molecule has 2 aromatic heterocycles. The Labute approximate surface area is 159 Å². The molecule has 2 fully saturated rings. The van der Waals surface area contributed by atoms with Crippen molar-refractivity contribution in [2.75, 3.05) is 19.8 Å². The summed E-state index contributed by atoms with van der Waals surface area (Å²) in [7, 11) is 0. The first-order valence-corrected chi connectivity index (χ1v) is 9.14. The second-order valence-electron chi connectivity index (χ2n) is 7.18. The van der Waals surface area contributed by atoms with Gasteiger partial charge in [0.05, 0.1) is 45.0 Å². The smallest absolute Gasteiger partial charge is 0.278 e. The van der Waals surface area contributed by atoms with Crippen molar-refractivity contribution in [1.29, 1.82) is 0 Å². The van der Waals surface area contributed by atoms with Gasteiger partial charge in [-0.3, -0.25) is 9.36 Å². The SMILES string of the molecule is O=c1[nH]cnc2c1ncn2[C@@H]1O[C@]2(CO)COC[C@@H]1[C@@H]2OCc1ccccc1. The first kappa shape index (κ1) is 17.5. The summed E-state index contributed by atoms with van der Waals surface area (Å²) in [5.41, 5.74) is 0.429. The average molecular weight is 384 g/mol. The van der Waals surface area contributed by atoms with Gasteiger partial charge in [0.2, 0.25) is 0 Å². The van der Waals surface area contributed by atoms with Crippen molar-refractivity contribution in [1.82, 2.24) is 19.5 Å². The molecule has 2 saturated heterocycles. The summed E-state index contributed by atoms with van der Waals surface area (Å²) in [6.07, 6.45) is 2.01. The Hall–Kier alpha value is -2.59. The largest absolute Gasteiger partial charge is 0.393 e. The molecular weight excluding hydrogens is 364 g/mol. The molecule has 9 heteroatoms. The Kier molecular flexibility index (Phi) is 4.24. The normalized spacial score (nSPS) is 29.4. The number of imidazole rings is 1. The van der Waals surface area contributed by atoms with Crippen molar-refractivity contribution in [2.45, 2.75) is 24.5 Å². The van der Waals surface area contributed by atoms with E-state index in [1.54, 1.807) is 4.57 Å². The molecule has 2 bridgehead atoms. The van der Waals surface area contributed by atoms with Gasteiger partial charge in [0, 0.05) is 0 Å². The van der Waals surface area contributed by atoms with E-state index in [1.807, 2.05) is 30.3 Å². The minimum absolute atomic E-state index is 0.178. The number of H-pyrrole nitrogens is 1. The van der Waals surface area contributed by atoms with E-state index in [2.05, 4.69) is 15.0 Å². The molecule has 1 aromatic carbocycles. The standard InChI is InChI=1S/C19H20N4O5/c24-8-19-9-26-7-13(15(19)27-6-12-4-2-1-3-5-12)18(28-19)23-11-22-14-16(23)20-10-21-17(14)25/h1-5,10-11,13,15,18,24H,6-9H2,(H,20,21,25)/t13-,15+,18-,19-/m1/s1. The zero-order valence-electron chi connectivity index (χ0n) is 15.0. The van der Waals surface area contributed by atoms with Crippen molar-refractivity contribution in [3.05, 3.63) is 58.9 Å². The summed E-state index contributed by atoms with van der Waals surface area (Å²) < 4.78 is 19.9. The first-order chi connectivity index (χ1) is 13.7. The lowest BCUT2D eigenvalue weighted by Crippen LogP contribution is -2.54. The number of nitrogens with zero attached hydrogens (tertiary/aromatic N) is 3. The molecule has 5 rings (SSSR count). The maximum Gasteiger partial charge on any atom is 0.278 e. The summed E-state index contributed by atoms with van der Waals surface area (Å²) in [4.78, 5) is 22.9. The molecule has 0 unspecified atom stereocenters. The predicted octanol–water partition coefficient (Wildman–Crippen LogP) is 0.611. The molecule has 4 heterocycles. The Morgan fingerprint density at radius 1 is 1.32 bits per heavy atom. The van der Waals surface area contributed by atoms with Gasteiger partial charge >= 0.3 is 0 Å². The molecular formula is C19H20N4O5. The van der Waals surface area contributed by atoms with Gasteiger partial charge in [0.1, 0.15) is 17.9 Å². The first-order valence-electron chi connectivity index (χ1n) is 9.14. The molecule has 0 amide bonds. The van der Waals surface area contributed by atoms with Crippen LogP contribution < -0.4 is 5.56 Å². The lowest BCUT2D eigenvalue weighted by atomic mass is 9.88. The lowest BCUT2D eigenvalue weighted by Gasteiger charge is -2.37. The molecule has 2 aliphatic rings. The average Bonchev–Trinajstić information content (AvgIpc) is 3.23. The van der Waals surface area contributed by atoms with Gasteiger partial charge in [-0.25, -0.2) is 9.97 Å². The highest BCUT2D eigenvalue weighted by molar-refractivity contribution is 5.68. The summed E-state index contributed by atoms with van der Waals surface area (Å²) in [6, 6.07) is 9.85. The second kappa shape index (κ2) is 6.78. The van der Waals surface area contributed by atoms with Crippen LogP contribution in [-0.2, 0) is 20.8 Å². The van der Waals surface area contributed by atoms with Crippen molar-refractivity contribution >= 4 is 11.2 Å². The van der Waals surface area contributed by atoms with Gasteiger partial charge in [0.15, 0.2) is 11.2 Å². The van der Waals surface area contributed by atoms with Crippen LogP contribution in [0.1, 0.15) is 11.8 Å². The third-order valence-electron chi connectivity index (χ3n) is 5.47. The molecule has 28 heavy (non-hydrogen) atoms. The summed E-state index contributed by atoms with van der Waals surface area (Å²) in [5.74, 6) is -0.178. The van der Waals surface area contributed by atoms with Crippen LogP contribution in [0.25, 0.3) is 11.2 Å². The van der Waals surface area contributed by atoms with Crippen molar-refractivity contribution in [2.24, 2.45) is 5.92 Å². The molecule has 9 nitrogen and oxygen atoms in total. The van der Waals surface area contributed by atoms with Crippen LogP contribution in [0.15, 0.2) is 47.8 Å². The fourth-order valence-corrected chi connectivity index (χ4v) is 4.11. The Morgan fingerprint density at radius 3 is 3.00 bits per heavy atom. The van der Waals surface area contributed by atoms with E-state index < -0.39 is 11.8 Å². The number of hydrogen-bond donors (Lipinski definition) is 2. The van der Waals surface area contributed by atoms with Gasteiger partial charge < -0.3 is 24.3 Å². The van der Waals surface area contributed by atoms with E-state index in [0.29, 0.717) is 18.9 Å². The zero-order chi connectivity index (χ0) is 19.1. The fourth-order valence-electron chi connectivity index (χ4n) is 4.11. The van der Waals surface area contributed by atoms with Crippen LogP contribution >= 0.6 is 0 Å². The number of benzene rings is 1.